The van der Waals surface area contributed by atoms with E-state index in [0.29, 0.717) is 17.1 Å². The Hall–Kier alpha value is -2.26. The topological polar surface area (TPSA) is 44.9 Å². The molecule has 0 fully saturated rings. The van der Waals surface area contributed by atoms with Crippen LogP contribution in [0.3, 0.4) is 0 Å². The molecule has 0 aliphatic heterocycles. The summed E-state index contributed by atoms with van der Waals surface area (Å²) in [7, 11) is 0. The largest absolute Gasteiger partial charge is 0.381 e. The van der Waals surface area contributed by atoms with E-state index in [2.05, 4.69) is 23.3 Å². The third kappa shape index (κ3) is 3.00. The number of halogens is 1. The summed E-state index contributed by atoms with van der Waals surface area (Å²) in [5, 5.41) is 4.95. The monoisotopic (exact) mass is 312 g/mol. The van der Waals surface area contributed by atoms with E-state index in [1.165, 1.54) is 11.1 Å². The van der Waals surface area contributed by atoms with Gasteiger partial charge in [0.05, 0.1) is 0 Å². The second-order valence-corrected chi connectivity index (χ2v) is 5.95. The minimum Gasteiger partial charge on any atom is -0.381 e. The molecule has 22 heavy (non-hydrogen) atoms. The van der Waals surface area contributed by atoms with Crippen LogP contribution in [0.2, 0.25) is 5.02 Å². The van der Waals surface area contributed by atoms with Crippen molar-refractivity contribution in [1.29, 1.82) is 0 Å². The van der Waals surface area contributed by atoms with Gasteiger partial charge in [0.25, 0.3) is 5.56 Å². The molecule has 3 aromatic rings. The number of aryl methyl sites for hydroxylation is 2. The first kappa shape index (κ1) is 14.7. The lowest BCUT2D eigenvalue weighted by molar-refractivity contribution is 1.09. The van der Waals surface area contributed by atoms with Gasteiger partial charge in [0.1, 0.15) is 0 Å². The molecule has 4 heteroatoms. The molecule has 0 saturated heterocycles. The average molecular weight is 313 g/mol. The van der Waals surface area contributed by atoms with E-state index in [0.717, 1.165) is 16.6 Å². The number of hydrogen-bond acceptors (Lipinski definition) is 2. The molecule has 0 bridgehead atoms. The summed E-state index contributed by atoms with van der Waals surface area (Å²) in [6, 6.07) is 13.5. The fourth-order valence-electron chi connectivity index (χ4n) is 2.45. The Morgan fingerprint density at radius 3 is 2.64 bits per heavy atom. The van der Waals surface area contributed by atoms with Gasteiger partial charge < -0.3 is 10.3 Å². The Morgan fingerprint density at radius 1 is 1.09 bits per heavy atom. The lowest BCUT2D eigenvalue weighted by atomic mass is 10.0. The molecule has 0 amide bonds. The molecule has 0 unspecified atom stereocenters. The SMILES string of the molecule is Cc1cc2cc(CNc3cccc(Cl)c3)c(=O)[nH]c2cc1C. The predicted octanol–water partition coefficient (Wildman–Crippen LogP) is 4.41. The summed E-state index contributed by atoms with van der Waals surface area (Å²) >= 11 is 5.96. The average Bonchev–Trinajstić information content (AvgIpc) is 2.47. The summed E-state index contributed by atoms with van der Waals surface area (Å²) in [6.45, 7) is 4.57. The van der Waals surface area contributed by atoms with Crippen LogP contribution >= 0.6 is 11.6 Å². The molecule has 1 heterocycles. The van der Waals surface area contributed by atoms with Crippen LogP contribution in [0.1, 0.15) is 16.7 Å². The Balaban J connectivity index is 1.92. The van der Waals surface area contributed by atoms with E-state index >= 15 is 0 Å². The number of pyridine rings is 1. The second kappa shape index (κ2) is 5.85. The Morgan fingerprint density at radius 2 is 1.86 bits per heavy atom. The highest BCUT2D eigenvalue weighted by atomic mass is 35.5. The number of aromatic nitrogens is 1. The van der Waals surface area contributed by atoms with Gasteiger partial charge in [-0.25, -0.2) is 0 Å². The van der Waals surface area contributed by atoms with Crippen molar-refractivity contribution in [1.82, 2.24) is 4.98 Å². The standard InChI is InChI=1S/C18H17ClN2O/c1-11-6-13-8-14(18(22)21-17(13)7-12(11)2)10-20-16-5-3-4-15(19)9-16/h3-9,20H,10H2,1-2H3,(H,21,22). The molecule has 0 aliphatic carbocycles. The summed E-state index contributed by atoms with van der Waals surface area (Å²) in [6.07, 6.45) is 0. The van der Waals surface area contributed by atoms with Gasteiger partial charge in [0, 0.05) is 28.3 Å². The van der Waals surface area contributed by atoms with Gasteiger partial charge in [-0.3, -0.25) is 4.79 Å². The molecule has 2 N–H and O–H groups in total. The van der Waals surface area contributed by atoms with E-state index in [-0.39, 0.29) is 5.56 Å². The molecule has 0 aliphatic rings. The van der Waals surface area contributed by atoms with Gasteiger partial charge in [-0.2, -0.15) is 0 Å². The smallest absolute Gasteiger partial charge is 0.253 e. The van der Waals surface area contributed by atoms with Gasteiger partial charge >= 0.3 is 0 Å². The van der Waals surface area contributed by atoms with Crippen LogP contribution in [0.15, 0.2) is 47.3 Å². The first-order valence-corrected chi connectivity index (χ1v) is 7.53. The maximum absolute atomic E-state index is 12.2. The van der Waals surface area contributed by atoms with Crippen molar-refractivity contribution in [3.8, 4) is 0 Å². The van der Waals surface area contributed by atoms with E-state index < -0.39 is 0 Å². The fourth-order valence-corrected chi connectivity index (χ4v) is 2.64. The molecule has 112 valence electrons. The summed E-state index contributed by atoms with van der Waals surface area (Å²) in [4.78, 5) is 15.1. The highest BCUT2D eigenvalue weighted by Crippen LogP contribution is 2.18. The molecule has 3 nitrogen and oxygen atoms in total. The Bertz CT molecular complexity index is 899. The minimum atomic E-state index is -0.0646. The van der Waals surface area contributed by atoms with Gasteiger partial charge in [-0.15, -0.1) is 0 Å². The summed E-state index contributed by atoms with van der Waals surface area (Å²) < 4.78 is 0. The van der Waals surface area contributed by atoms with Crippen molar-refractivity contribution in [2.45, 2.75) is 20.4 Å². The third-order valence-corrected chi connectivity index (χ3v) is 4.08. The molecule has 0 spiro atoms. The number of H-pyrrole nitrogens is 1. The Labute approximate surface area is 133 Å². The molecule has 0 saturated carbocycles. The summed E-state index contributed by atoms with van der Waals surface area (Å²) in [5.41, 5.74) is 4.80. The molecule has 2 aromatic carbocycles. The first-order chi connectivity index (χ1) is 10.5. The van der Waals surface area contributed by atoms with Crippen LogP contribution in [-0.4, -0.2) is 4.98 Å². The zero-order valence-corrected chi connectivity index (χ0v) is 13.3. The molecule has 3 rings (SSSR count). The number of rotatable bonds is 3. The molecular weight excluding hydrogens is 296 g/mol. The lowest BCUT2D eigenvalue weighted by Crippen LogP contribution is -2.15. The van der Waals surface area contributed by atoms with E-state index in [4.69, 9.17) is 11.6 Å². The van der Waals surface area contributed by atoms with Crippen LogP contribution in [-0.2, 0) is 6.54 Å². The zero-order valence-electron chi connectivity index (χ0n) is 12.5. The number of aromatic amines is 1. The maximum Gasteiger partial charge on any atom is 0.253 e. The van der Waals surface area contributed by atoms with Gasteiger partial charge in [0.2, 0.25) is 0 Å². The second-order valence-electron chi connectivity index (χ2n) is 5.51. The highest BCUT2D eigenvalue weighted by molar-refractivity contribution is 6.30. The third-order valence-electron chi connectivity index (χ3n) is 3.84. The van der Waals surface area contributed by atoms with Crippen LogP contribution < -0.4 is 10.9 Å². The van der Waals surface area contributed by atoms with Crippen molar-refractivity contribution >= 4 is 28.2 Å². The zero-order chi connectivity index (χ0) is 15.7. The first-order valence-electron chi connectivity index (χ1n) is 7.15. The van der Waals surface area contributed by atoms with Crippen LogP contribution in [0.5, 0.6) is 0 Å². The van der Waals surface area contributed by atoms with Crippen molar-refractivity contribution in [2.75, 3.05) is 5.32 Å². The summed E-state index contributed by atoms with van der Waals surface area (Å²) in [5.74, 6) is 0. The molecule has 0 atom stereocenters. The quantitative estimate of drug-likeness (QED) is 0.752. The molecular formula is C18H17ClN2O. The van der Waals surface area contributed by atoms with Crippen molar-refractivity contribution in [2.24, 2.45) is 0 Å². The van der Waals surface area contributed by atoms with Gasteiger partial charge in [0.15, 0.2) is 0 Å². The number of anilines is 1. The predicted molar refractivity (Wildman–Crippen MR) is 92.8 cm³/mol. The minimum absolute atomic E-state index is 0.0646. The Kier molecular flexibility index (Phi) is 3.90. The number of nitrogens with one attached hydrogen (secondary N) is 2. The van der Waals surface area contributed by atoms with E-state index in [1.54, 1.807) is 0 Å². The lowest BCUT2D eigenvalue weighted by Gasteiger charge is -2.09. The fraction of sp³-hybridized carbons (Fsp3) is 0.167. The molecule has 1 aromatic heterocycles. The normalized spacial score (nSPS) is 10.9. The van der Waals surface area contributed by atoms with Gasteiger partial charge in [-0.1, -0.05) is 17.7 Å². The van der Waals surface area contributed by atoms with Crippen LogP contribution in [0, 0.1) is 13.8 Å². The van der Waals surface area contributed by atoms with E-state index in [9.17, 15) is 4.79 Å². The van der Waals surface area contributed by atoms with Crippen molar-refractivity contribution in [3.05, 3.63) is 74.5 Å². The van der Waals surface area contributed by atoms with Crippen LogP contribution in [0.25, 0.3) is 10.9 Å². The van der Waals surface area contributed by atoms with E-state index in [1.807, 2.05) is 43.3 Å². The number of benzene rings is 2. The van der Waals surface area contributed by atoms with Crippen LogP contribution in [0.4, 0.5) is 5.69 Å². The maximum atomic E-state index is 12.2. The van der Waals surface area contributed by atoms with Gasteiger partial charge in [-0.05, 0) is 66.8 Å². The van der Waals surface area contributed by atoms with Crippen molar-refractivity contribution in [3.63, 3.8) is 0 Å². The van der Waals surface area contributed by atoms with Crippen molar-refractivity contribution < 1.29 is 0 Å². The number of hydrogen-bond donors (Lipinski definition) is 2. The molecule has 0 radical (unpaired) electrons. The number of fused-ring (bicyclic) bond motifs is 1. The highest BCUT2D eigenvalue weighted by Gasteiger charge is 2.05.